The molecule has 0 saturated carbocycles. The van der Waals surface area contributed by atoms with Crippen LogP contribution in [-0.4, -0.2) is 30.9 Å². The van der Waals surface area contributed by atoms with Crippen molar-refractivity contribution in [3.8, 4) is 0 Å². The first-order chi connectivity index (χ1) is 13.9. The van der Waals surface area contributed by atoms with E-state index in [9.17, 15) is 14.4 Å². The Morgan fingerprint density at radius 1 is 0.931 bits per heavy atom. The highest BCUT2D eigenvalue weighted by Gasteiger charge is 2.23. The molecule has 2 aromatic carbocycles. The number of aryl methyl sites for hydroxylation is 1. The van der Waals surface area contributed by atoms with Gasteiger partial charge >= 0.3 is 5.97 Å². The molecule has 2 atom stereocenters. The van der Waals surface area contributed by atoms with Crippen LogP contribution in [0.4, 0.5) is 5.69 Å². The lowest BCUT2D eigenvalue weighted by Crippen LogP contribution is -2.43. The Morgan fingerprint density at radius 2 is 1.55 bits per heavy atom. The summed E-state index contributed by atoms with van der Waals surface area (Å²) in [6, 6.07) is 16.2. The van der Waals surface area contributed by atoms with Crippen LogP contribution < -0.4 is 10.6 Å². The van der Waals surface area contributed by atoms with E-state index in [0.29, 0.717) is 6.42 Å². The Bertz CT molecular complexity index is 819. The van der Waals surface area contributed by atoms with Gasteiger partial charge in [-0.25, -0.2) is 4.79 Å². The topological polar surface area (TPSA) is 84.5 Å². The van der Waals surface area contributed by atoms with Crippen LogP contribution in [0, 0.1) is 12.8 Å². The van der Waals surface area contributed by atoms with Crippen LogP contribution in [0.2, 0.25) is 0 Å². The van der Waals surface area contributed by atoms with Crippen LogP contribution >= 0.6 is 0 Å². The van der Waals surface area contributed by atoms with Crippen LogP contribution in [-0.2, 0) is 25.5 Å². The molecule has 6 nitrogen and oxygen atoms in total. The molecule has 2 amide bonds. The Hall–Kier alpha value is -3.15. The van der Waals surface area contributed by atoms with Gasteiger partial charge in [-0.05, 0) is 30.5 Å². The highest BCUT2D eigenvalue weighted by atomic mass is 16.5. The van der Waals surface area contributed by atoms with Gasteiger partial charge in [0.2, 0.25) is 11.8 Å². The van der Waals surface area contributed by atoms with E-state index in [0.717, 1.165) is 16.8 Å². The van der Waals surface area contributed by atoms with Gasteiger partial charge in [0, 0.05) is 24.9 Å². The van der Waals surface area contributed by atoms with Crippen LogP contribution in [0.15, 0.2) is 54.6 Å². The number of rotatable bonds is 9. The molecule has 0 aliphatic heterocycles. The highest BCUT2D eigenvalue weighted by Crippen LogP contribution is 2.13. The maximum absolute atomic E-state index is 12.4. The summed E-state index contributed by atoms with van der Waals surface area (Å²) < 4.78 is 4.81. The molecule has 2 aromatic rings. The molecular weight excluding hydrogens is 368 g/mol. The molecule has 6 heteroatoms. The summed E-state index contributed by atoms with van der Waals surface area (Å²) in [4.78, 5) is 36.6. The summed E-state index contributed by atoms with van der Waals surface area (Å²) in [7, 11) is 1.30. The van der Waals surface area contributed by atoms with Gasteiger partial charge in [-0.15, -0.1) is 0 Å². The van der Waals surface area contributed by atoms with Crippen molar-refractivity contribution >= 4 is 23.5 Å². The SMILES string of the molecule is COC(=O)C(Cc1ccccc1)NC(=O)CC(C)CC(=O)Nc1ccc(C)cc1. The number of hydrogen-bond acceptors (Lipinski definition) is 4. The molecule has 0 aromatic heterocycles. The van der Waals surface area contributed by atoms with Crippen molar-refractivity contribution < 1.29 is 19.1 Å². The number of carbonyl (C=O) groups is 3. The lowest BCUT2D eigenvalue weighted by molar-refractivity contribution is -0.145. The van der Waals surface area contributed by atoms with E-state index >= 15 is 0 Å². The Kier molecular flexibility index (Phi) is 8.40. The average Bonchev–Trinajstić information content (AvgIpc) is 2.69. The van der Waals surface area contributed by atoms with E-state index in [1.807, 2.05) is 68.4 Å². The first-order valence-electron chi connectivity index (χ1n) is 9.65. The zero-order valence-electron chi connectivity index (χ0n) is 17.1. The molecule has 154 valence electrons. The second-order valence-electron chi connectivity index (χ2n) is 7.26. The number of methoxy groups -OCH3 is 1. The van der Waals surface area contributed by atoms with E-state index in [1.165, 1.54) is 7.11 Å². The van der Waals surface area contributed by atoms with Crippen LogP contribution in [0.1, 0.15) is 30.9 Å². The minimum absolute atomic E-state index is 0.142. The minimum atomic E-state index is -0.761. The summed E-state index contributed by atoms with van der Waals surface area (Å²) in [6.07, 6.45) is 0.702. The number of ether oxygens (including phenoxy) is 1. The van der Waals surface area contributed by atoms with Gasteiger partial charge in [0.1, 0.15) is 6.04 Å². The Labute approximate surface area is 171 Å². The number of hydrogen-bond donors (Lipinski definition) is 2. The number of esters is 1. The standard InChI is InChI=1S/C23H28N2O4/c1-16-9-11-19(12-10-16)24-21(26)13-17(2)14-22(27)25-20(23(28)29-3)15-18-7-5-4-6-8-18/h4-12,17,20H,13-15H2,1-3H3,(H,24,26)(H,25,27). The van der Waals surface area contributed by atoms with E-state index < -0.39 is 12.0 Å². The molecule has 29 heavy (non-hydrogen) atoms. The van der Waals surface area contributed by atoms with Crippen LogP contribution in [0.25, 0.3) is 0 Å². The number of amides is 2. The maximum atomic E-state index is 12.4. The van der Waals surface area contributed by atoms with Crippen LogP contribution in [0.3, 0.4) is 0 Å². The number of benzene rings is 2. The van der Waals surface area contributed by atoms with Crippen molar-refractivity contribution in [1.82, 2.24) is 5.32 Å². The van der Waals surface area contributed by atoms with E-state index in [1.54, 1.807) is 0 Å². The fourth-order valence-electron chi connectivity index (χ4n) is 2.99. The van der Waals surface area contributed by atoms with Gasteiger partial charge in [0.15, 0.2) is 0 Å². The minimum Gasteiger partial charge on any atom is -0.467 e. The molecule has 0 fully saturated rings. The number of anilines is 1. The van der Waals surface area contributed by atoms with Crippen LogP contribution in [0.5, 0.6) is 0 Å². The van der Waals surface area contributed by atoms with Gasteiger partial charge < -0.3 is 15.4 Å². The van der Waals surface area contributed by atoms with Gasteiger partial charge in [-0.1, -0.05) is 55.0 Å². The maximum Gasteiger partial charge on any atom is 0.328 e. The third-order valence-corrected chi connectivity index (χ3v) is 4.51. The molecule has 0 saturated heterocycles. The number of carbonyl (C=O) groups excluding carboxylic acids is 3. The monoisotopic (exact) mass is 396 g/mol. The molecule has 0 aliphatic rings. The molecule has 0 heterocycles. The van der Waals surface area contributed by atoms with Crippen molar-refractivity contribution in [2.75, 3.05) is 12.4 Å². The zero-order chi connectivity index (χ0) is 21.2. The average molecular weight is 396 g/mol. The second kappa shape index (κ2) is 11.0. The molecule has 0 bridgehead atoms. The lowest BCUT2D eigenvalue weighted by atomic mass is 10.0. The van der Waals surface area contributed by atoms with E-state index in [-0.39, 0.29) is 30.6 Å². The predicted molar refractivity (Wildman–Crippen MR) is 112 cm³/mol. The van der Waals surface area contributed by atoms with Crippen molar-refractivity contribution in [2.45, 2.75) is 39.2 Å². The highest BCUT2D eigenvalue weighted by molar-refractivity contribution is 5.91. The summed E-state index contributed by atoms with van der Waals surface area (Å²) in [5, 5.41) is 5.56. The lowest BCUT2D eigenvalue weighted by Gasteiger charge is -2.18. The molecule has 2 unspecified atom stereocenters. The van der Waals surface area contributed by atoms with Gasteiger partial charge in [0.25, 0.3) is 0 Å². The Balaban J connectivity index is 1.85. The van der Waals surface area contributed by atoms with E-state index in [4.69, 9.17) is 4.74 Å². The van der Waals surface area contributed by atoms with Crippen molar-refractivity contribution in [1.29, 1.82) is 0 Å². The number of nitrogens with one attached hydrogen (secondary N) is 2. The predicted octanol–water partition coefficient (Wildman–Crippen LogP) is 3.25. The molecule has 2 N–H and O–H groups in total. The third-order valence-electron chi connectivity index (χ3n) is 4.51. The molecule has 0 aliphatic carbocycles. The summed E-state index contributed by atoms with van der Waals surface area (Å²) in [5.74, 6) is -1.10. The second-order valence-corrected chi connectivity index (χ2v) is 7.26. The molecular formula is C23H28N2O4. The quantitative estimate of drug-likeness (QED) is 0.637. The van der Waals surface area contributed by atoms with Crippen molar-refractivity contribution in [3.63, 3.8) is 0 Å². The van der Waals surface area contributed by atoms with Gasteiger partial charge in [-0.3, -0.25) is 9.59 Å². The van der Waals surface area contributed by atoms with Gasteiger partial charge in [-0.2, -0.15) is 0 Å². The summed E-state index contributed by atoms with van der Waals surface area (Å²) in [6.45, 7) is 3.81. The Morgan fingerprint density at radius 3 is 2.17 bits per heavy atom. The summed E-state index contributed by atoms with van der Waals surface area (Å²) in [5.41, 5.74) is 2.77. The third kappa shape index (κ3) is 7.78. The fraction of sp³-hybridized carbons (Fsp3) is 0.348. The fourth-order valence-corrected chi connectivity index (χ4v) is 2.99. The smallest absolute Gasteiger partial charge is 0.328 e. The molecule has 0 radical (unpaired) electrons. The largest absolute Gasteiger partial charge is 0.467 e. The van der Waals surface area contributed by atoms with E-state index in [2.05, 4.69) is 10.6 Å². The molecule has 2 rings (SSSR count). The first kappa shape index (κ1) is 22.1. The molecule has 0 spiro atoms. The van der Waals surface area contributed by atoms with Crippen molar-refractivity contribution in [2.24, 2.45) is 5.92 Å². The van der Waals surface area contributed by atoms with Gasteiger partial charge in [0.05, 0.1) is 7.11 Å². The summed E-state index contributed by atoms with van der Waals surface area (Å²) >= 11 is 0. The zero-order valence-corrected chi connectivity index (χ0v) is 17.1. The van der Waals surface area contributed by atoms with Crippen molar-refractivity contribution in [3.05, 3.63) is 65.7 Å². The normalized spacial score (nSPS) is 12.5. The first-order valence-corrected chi connectivity index (χ1v) is 9.65.